The van der Waals surface area contributed by atoms with Crippen molar-refractivity contribution in [3.63, 3.8) is 0 Å². The zero-order valence-electron chi connectivity index (χ0n) is 7.79. The molecule has 1 aromatic rings. The highest BCUT2D eigenvalue weighted by Gasteiger charge is 2.06. The molecule has 1 unspecified atom stereocenters. The molecule has 5 heteroatoms. The van der Waals surface area contributed by atoms with Crippen molar-refractivity contribution >= 4 is 28.5 Å². The average Bonchev–Trinajstić information content (AvgIpc) is 2.37. The van der Waals surface area contributed by atoms with Crippen molar-refractivity contribution in [2.24, 2.45) is 7.05 Å². The van der Waals surface area contributed by atoms with Crippen LogP contribution in [0.2, 0.25) is 0 Å². The zero-order chi connectivity index (χ0) is 9.84. The van der Waals surface area contributed by atoms with E-state index in [9.17, 15) is 0 Å². The van der Waals surface area contributed by atoms with Crippen LogP contribution in [0.3, 0.4) is 0 Å². The van der Waals surface area contributed by atoms with Crippen LogP contribution in [-0.2, 0) is 7.05 Å². The van der Waals surface area contributed by atoms with Crippen molar-refractivity contribution in [1.29, 1.82) is 0 Å². The number of hydrogen-bond donors (Lipinski definition) is 2. The van der Waals surface area contributed by atoms with Gasteiger partial charge >= 0.3 is 0 Å². The molecule has 0 bridgehead atoms. The van der Waals surface area contributed by atoms with Gasteiger partial charge in [-0.15, -0.1) is 0 Å². The second kappa shape index (κ2) is 4.80. The van der Waals surface area contributed by atoms with E-state index < -0.39 is 0 Å². The van der Waals surface area contributed by atoms with Crippen molar-refractivity contribution in [2.75, 3.05) is 11.9 Å². The molecule has 0 saturated carbocycles. The quantitative estimate of drug-likeness (QED) is 0.821. The number of rotatable bonds is 4. The maximum Gasteiger partial charge on any atom is 0.203 e. The standard InChI is InChI=1S/C8H14IN3O/c1-6(3-4-13)11-8-10-5-7(9)12(8)2/h5-6,13H,3-4H2,1-2H3,(H,10,11). The van der Waals surface area contributed by atoms with Gasteiger partial charge in [0.1, 0.15) is 3.70 Å². The minimum Gasteiger partial charge on any atom is -0.396 e. The molecule has 0 amide bonds. The number of hydrogen-bond acceptors (Lipinski definition) is 3. The summed E-state index contributed by atoms with van der Waals surface area (Å²) in [7, 11) is 1.96. The molecule has 4 nitrogen and oxygen atoms in total. The maximum atomic E-state index is 8.72. The topological polar surface area (TPSA) is 50.1 Å². The molecule has 13 heavy (non-hydrogen) atoms. The van der Waals surface area contributed by atoms with Crippen LogP contribution in [0.4, 0.5) is 5.95 Å². The molecule has 74 valence electrons. The summed E-state index contributed by atoms with van der Waals surface area (Å²) in [4.78, 5) is 4.20. The highest BCUT2D eigenvalue weighted by Crippen LogP contribution is 2.11. The van der Waals surface area contributed by atoms with Gasteiger partial charge in [0.25, 0.3) is 0 Å². The lowest BCUT2D eigenvalue weighted by atomic mass is 10.2. The Labute approximate surface area is 91.5 Å². The first-order valence-electron chi connectivity index (χ1n) is 4.19. The van der Waals surface area contributed by atoms with Gasteiger partial charge in [-0.05, 0) is 35.9 Å². The van der Waals surface area contributed by atoms with E-state index in [1.54, 1.807) is 0 Å². The van der Waals surface area contributed by atoms with Crippen LogP contribution in [0.5, 0.6) is 0 Å². The Morgan fingerprint density at radius 2 is 2.46 bits per heavy atom. The van der Waals surface area contributed by atoms with Crippen LogP contribution in [0.25, 0.3) is 0 Å². The fraction of sp³-hybridized carbons (Fsp3) is 0.625. The lowest BCUT2D eigenvalue weighted by Crippen LogP contribution is -2.19. The molecule has 1 rings (SSSR count). The van der Waals surface area contributed by atoms with Gasteiger partial charge in [0.15, 0.2) is 0 Å². The first-order valence-corrected chi connectivity index (χ1v) is 5.27. The number of imidazole rings is 1. The molecule has 0 aliphatic rings. The summed E-state index contributed by atoms with van der Waals surface area (Å²) in [5, 5.41) is 11.9. The highest BCUT2D eigenvalue weighted by molar-refractivity contribution is 14.1. The predicted octanol–water partition coefficient (Wildman–Crippen LogP) is 1.21. The smallest absolute Gasteiger partial charge is 0.203 e. The SMILES string of the molecule is CC(CCO)Nc1ncc(I)n1C. The summed E-state index contributed by atoms with van der Waals surface area (Å²) in [6, 6.07) is 0.252. The molecular formula is C8H14IN3O. The summed E-state index contributed by atoms with van der Waals surface area (Å²) < 4.78 is 3.07. The van der Waals surface area contributed by atoms with Crippen LogP contribution in [0, 0.1) is 3.70 Å². The van der Waals surface area contributed by atoms with Gasteiger partial charge in [0.05, 0.1) is 6.20 Å². The van der Waals surface area contributed by atoms with Gasteiger partial charge in [0, 0.05) is 19.7 Å². The van der Waals surface area contributed by atoms with Crippen molar-refractivity contribution in [1.82, 2.24) is 9.55 Å². The molecule has 0 saturated heterocycles. The van der Waals surface area contributed by atoms with Gasteiger partial charge in [-0.2, -0.15) is 0 Å². The fourth-order valence-electron chi connectivity index (χ4n) is 1.01. The van der Waals surface area contributed by atoms with Gasteiger partial charge in [0.2, 0.25) is 5.95 Å². The van der Waals surface area contributed by atoms with Gasteiger partial charge in [-0.3, -0.25) is 0 Å². The summed E-state index contributed by atoms with van der Waals surface area (Å²) in [5.74, 6) is 0.852. The number of aliphatic hydroxyl groups excluding tert-OH is 1. The van der Waals surface area contributed by atoms with Crippen LogP contribution in [0.15, 0.2) is 6.20 Å². The number of anilines is 1. The minimum absolute atomic E-state index is 0.204. The average molecular weight is 295 g/mol. The van der Waals surface area contributed by atoms with Crippen molar-refractivity contribution in [3.05, 3.63) is 9.90 Å². The van der Waals surface area contributed by atoms with E-state index in [1.165, 1.54) is 0 Å². The normalized spacial score (nSPS) is 12.9. The second-order valence-corrected chi connectivity index (χ2v) is 4.13. The van der Waals surface area contributed by atoms with Crippen molar-refractivity contribution in [2.45, 2.75) is 19.4 Å². The highest BCUT2D eigenvalue weighted by atomic mass is 127. The van der Waals surface area contributed by atoms with Crippen LogP contribution >= 0.6 is 22.6 Å². The van der Waals surface area contributed by atoms with Crippen molar-refractivity contribution in [3.8, 4) is 0 Å². The molecular weight excluding hydrogens is 281 g/mol. The fourth-order valence-corrected chi connectivity index (χ4v) is 1.38. The van der Waals surface area contributed by atoms with E-state index in [0.29, 0.717) is 0 Å². The Morgan fingerprint density at radius 3 is 2.92 bits per heavy atom. The van der Waals surface area contributed by atoms with Crippen LogP contribution in [0.1, 0.15) is 13.3 Å². The molecule has 0 radical (unpaired) electrons. The van der Waals surface area contributed by atoms with Crippen LogP contribution < -0.4 is 5.32 Å². The first-order chi connectivity index (χ1) is 6.15. The molecule has 0 spiro atoms. The summed E-state index contributed by atoms with van der Waals surface area (Å²) in [6.07, 6.45) is 2.55. The Kier molecular flexibility index (Phi) is 3.98. The minimum atomic E-state index is 0.204. The summed E-state index contributed by atoms with van der Waals surface area (Å²) in [6.45, 7) is 2.23. The molecule has 1 heterocycles. The predicted molar refractivity (Wildman–Crippen MR) is 60.7 cm³/mol. The van der Waals surface area contributed by atoms with Gasteiger partial charge in [-0.25, -0.2) is 4.98 Å². The lowest BCUT2D eigenvalue weighted by molar-refractivity contribution is 0.282. The van der Waals surface area contributed by atoms with E-state index >= 15 is 0 Å². The maximum absolute atomic E-state index is 8.72. The molecule has 0 fully saturated rings. The number of nitrogens with zero attached hydrogens (tertiary/aromatic N) is 2. The third-order valence-corrected chi connectivity index (χ3v) is 2.87. The monoisotopic (exact) mass is 295 g/mol. The Morgan fingerprint density at radius 1 is 1.77 bits per heavy atom. The third-order valence-electron chi connectivity index (χ3n) is 1.87. The van der Waals surface area contributed by atoms with Gasteiger partial charge < -0.3 is 15.0 Å². The Balaban J connectivity index is 2.58. The number of nitrogens with one attached hydrogen (secondary N) is 1. The molecule has 0 aliphatic heterocycles. The molecule has 2 N–H and O–H groups in total. The van der Waals surface area contributed by atoms with Crippen LogP contribution in [-0.4, -0.2) is 27.3 Å². The zero-order valence-corrected chi connectivity index (χ0v) is 9.95. The number of halogens is 1. The molecule has 1 atom stereocenters. The molecule has 1 aromatic heterocycles. The summed E-state index contributed by atoms with van der Waals surface area (Å²) >= 11 is 2.22. The largest absolute Gasteiger partial charge is 0.396 e. The van der Waals surface area contributed by atoms with Crippen molar-refractivity contribution < 1.29 is 5.11 Å². The van der Waals surface area contributed by atoms with E-state index in [2.05, 4.69) is 32.9 Å². The third kappa shape index (κ3) is 2.84. The number of aliphatic hydroxyl groups is 1. The van der Waals surface area contributed by atoms with E-state index in [-0.39, 0.29) is 12.6 Å². The molecule has 0 aromatic carbocycles. The Bertz CT molecular complexity index is 274. The number of aromatic nitrogens is 2. The molecule has 0 aliphatic carbocycles. The Hall–Kier alpha value is -0.300. The van der Waals surface area contributed by atoms with E-state index in [1.807, 2.05) is 24.7 Å². The second-order valence-electron chi connectivity index (χ2n) is 3.02. The summed E-state index contributed by atoms with van der Waals surface area (Å²) in [5.41, 5.74) is 0. The lowest BCUT2D eigenvalue weighted by Gasteiger charge is -2.12. The van der Waals surface area contributed by atoms with Gasteiger partial charge in [-0.1, -0.05) is 0 Å². The van der Waals surface area contributed by atoms with E-state index in [4.69, 9.17) is 5.11 Å². The van der Waals surface area contributed by atoms with E-state index in [0.717, 1.165) is 16.1 Å². The first kappa shape index (κ1) is 10.8.